The van der Waals surface area contributed by atoms with Gasteiger partial charge in [-0.05, 0) is 0 Å². The van der Waals surface area contributed by atoms with Gasteiger partial charge in [0.1, 0.15) is 0 Å². The molecule has 0 aromatic carbocycles. The summed E-state index contributed by atoms with van der Waals surface area (Å²) in [4.78, 5) is 9.00. The van der Waals surface area contributed by atoms with Crippen LogP contribution < -0.4 is 0 Å². The molecule has 0 aromatic heterocycles. The zero-order valence-electron chi connectivity index (χ0n) is 3.41. The van der Waals surface area contributed by atoms with Crippen molar-refractivity contribution in [3.05, 3.63) is 0 Å². The maximum absolute atomic E-state index is 9.00. The second-order valence-corrected chi connectivity index (χ2v) is 0.519. The van der Waals surface area contributed by atoms with E-state index in [1.807, 2.05) is 0 Å². The molecule has 0 heterocycles. The molecular formula is C2H5ClCoNiO2. The quantitative estimate of drug-likeness (QED) is 0.596. The van der Waals surface area contributed by atoms with Crippen LogP contribution in [0.25, 0.3) is 0 Å². The van der Waals surface area contributed by atoms with E-state index in [1.54, 1.807) is 0 Å². The Morgan fingerprint density at radius 3 is 1.57 bits per heavy atom. The minimum absolute atomic E-state index is 0. The van der Waals surface area contributed by atoms with Crippen LogP contribution in [0.2, 0.25) is 0 Å². The minimum Gasteiger partial charge on any atom is -0.481 e. The van der Waals surface area contributed by atoms with Gasteiger partial charge in [-0.25, -0.2) is 0 Å². The van der Waals surface area contributed by atoms with Crippen molar-refractivity contribution in [2.75, 3.05) is 0 Å². The van der Waals surface area contributed by atoms with Gasteiger partial charge >= 0.3 is 0 Å². The Hall–Kier alpha value is 0.760. The largest absolute Gasteiger partial charge is 0.481 e. The van der Waals surface area contributed by atoms with Crippen LogP contribution in [0.5, 0.6) is 0 Å². The number of rotatable bonds is 0. The number of hydrogen-bond donors (Lipinski definition) is 1. The number of carbonyl (C=O) groups is 1. The molecular weight excluding hydrogens is 209 g/mol. The SMILES string of the molecule is CC(=O)O.Cl.[Co].[Ni]. The van der Waals surface area contributed by atoms with Crippen LogP contribution in [0, 0.1) is 0 Å². The van der Waals surface area contributed by atoms with Crippen LogP contribution in [0.15, 0.2) is 0 Å². The molecule has 1 radical (unpaired) electrons. The summed E-state index contributed by atoms with van der Waals surface area (Å²) in [7, 11) is 0. The van der Waals surface area contributed by atoms with E-state index in [1.165, 1.54) is 0 Å². The van der Waals surface area contributed by atoms with Crippen molar-refractivity contribution in [1.82, 2.24) is 0 Å². The van der Waals surface area contributed by atoms with Crippen LogP contribution >= 0.6 is 12.4 Å². The maximum Gasteiger partial charge on any atom is 0.300 e. The fourth-order valence-electron chi connectivity index (χ4n) is 0. The summed E-state index contributed by atoms with van der Waals surface area (Å²) in [5, 5.41) is 7.42. The van der Waals surface area contributed by atoms with Gasteiger partial charge in [0.15, 0.2) is 0 Å². The normalized spacial score (nSPS) is 3.57. The fourth-order valence-corrected chi connectivity index (χ4v) is 0. The van der Waals surface area contributed by atoms with E-state index in [4.69, 9.17) is 9.90 Å². The average Bonchev–Trinajstić information content (AvgIpc) is 0.811. The summed E-state index contributed by atoms with van der Waals surface area (Å²) in [6.45, 7) is 1.08. The molecule has 0 amide bonds. The van der Waals surface area contributed by atoms with Gasteiger partial charge < -0.3 is 5.11 Å². The molecule has 0 bridgehead atoms. The fraction of sp³-hybridized carbons (Fsp3) is 0.500. The van der Waals surface area contributed by atoms with Crippen molar-refractivity contribution >= 4 is 18.4 Å². The Bertz CT molecular complexity index is 38.7. The smallest absolute Gasteiger partial charge is 0.300 e. The zero-order chi connectivity index (χ0) is 3.58. The van der Waals surface area contributed by atoms with E-state index >= 15 is 0 Å². The van der Waals surface area contributed by atoms with Gasteiger partial charge in [-0.15, -0.1) is 12.4 Å². The molecule has 5 heteroatoms. The Labute approximate surface area is 68.6 Å². The third kappa shape index (κ3) is 265. The summed E-state index contributed by atoms with van der Waals surface area (Å²) in [6.07, 6.45) is 0. The van der Waals surface area contributed by atoms with E-state index in [0.717, 1.165) is 6.92 Å². The molecule has 0 aliphatic rings. The van der Waals surface area contributed by atoms with Crippen LogP contribution in [0.4, 0.5) is 0 Å². The van der Waals surface area contributed by atoms with Gasteiger partial charge in [-0.3, -0.25) is 4.79 Å². The first-order valence-electron chi connectivity index (χ1n) is 0.928. The first kappa shape index (κ1) is 25.1. The Morgan fingerprint density at radius 1 is 1.57 bits per heavy atom. The van der Waals surface area contributed by atoms with E-state index in [2.05, 4.69) is 0 Å². The van der Waals surface area contributed by atoms with Crippen molar-refractivity contribution < 1.29 is 43.2 Å². The molecule has 0 atom stereocenters. The molecule has 1 N–H and O–H groups in total. The standard InChI is InChI=1S/C2H4O2.ClH.Co.Ni/c1-2(3)4;;;/h1H3,(H,3,4);1H;;. The molecule has 0 fully saturated rings. The van der Waals surface area contributed by atoms with Crippen molar-refractivity contribution in [2.24, 2.45) is 0 Å². The van der Waals surface area contributed by atoms with Gasteiger partial charge in [-0.1, -0.05) is 0 Å². The van der Waals surface area contributed by atoms with Gasteiger partial charge in [0.05, 0.1) is 0 Å². The molecule has 0 spiro atoms. The van der Waals surface area contributed by atoms with Crippen molar-refractivity contribution in [2.45, 2.75) is 6.92 Å². The molecule has 2 nitrogen and oxygen atoms in total. The molecule has 51 valence electrons. The number of aliphatic carboxylic acids is 1. The van der Waals surface area contributed by atoms with Crippen LogP contribution in [0.3, 0.4) is 0 Å². The third-order valence-corrected chi connectivity index (χ3v) is 0. The van der Waals surface area contributed by atoms with E-state index in [-0.39, 0.29) is 45.7 Å². The predicted molar refractivity (Wildman–Crippen MR) is 20.6 cm³/mol. The summed E-state index contributed by atoms with van der Waals surface area (Å²) in [6, 6.07) is 0. The van der Waals surface area contributed by atoms with E-state index < -0.39 is 5.97 Å². The molecule has 0 aromatic rings. The minimum atomic E-state index is -0.833. The molecule has 0 aliphatic heterocycles. The zero-order valence-corrected chi connectivity index (χ0v) is 6.26. The van der Waals surface area contributed by atoms with Gasteiger partial charge in [0, 0.05) is 40.2 Å². The predicted octanol–water partition coefficient (Wildman–Crippen LogP) is 0.508. The molecule has 0 rings (SSSR count). The Balaban J connectivity index is -0.0000000150. The number of carboxylic acids is 1. The van der Waals surface area contributed by atoms with Crippen molar-refractivity contribution in [3.8, 4) is 0 Å². The van der Waals surface area contributed by atoms with Gasteiger partial charge in [0.25, 0.3) is 5.97 Å². The molecule has 0 unspecified atom stereocenters. The van der Waals surface area contributed by atoms with Crippen LogP contribution in [0.1, 0.15) is 6.92 Å². The second-order valence-electron chi connectivity index (χ2n) is 0.519. The summed E-state index contributed by atoms with van der Waals surface area (Å²) in [5.74, 6) is -0.833. The molecule has 0 saturated heterocycles. The van der Waals surface area contributed by atoms with Crippen molar-refractivity contribution in [1.29, 1.82) is 0 Å². The van der Waals surface area contributed by atoms with Crippen molar-refractivity contribution in [3.63, 3.8) is 0 Å². The average molecular weight is 214 g/mol. The number of halogens is 1. The van der Waals surface area contributed by atoms with E-state index in [0.29, 0.717) is 0 Å². The second kappa shape index (κ2) is 15.9. The summed E-state index contributed by atoms with van der Waals surface area (Å²) >= 11 is 0. The third-order valence-electron chi connectivity index (χ3n) is 0. The number of carboxylic acid groups (broad SMARTS) is 1. The van der Waals surface area contributed by atoms with Gasteiger partial charge in [-0.2, -0.15) is 0 Å². The molecule has 0 aliphatic carbocycles. The molecule has 0 saturated carbocycles. The summed E-state index contributed by atoms with van der Waals surface area (Å²) < 4.78 is 0. The monoisotopic (exact) mass is 213 g/mol. The van der Waals surface area contributed by atoms with E-state index in [9.17, 15) is 0 Å². The first-order chi connectivity index (χ1) is 1.73. The van der Waals surface area contributed by atoms with Crippen LogP contribution in [-0.4, -0.2) is 11.1 Å². The van der Waals surface area contributed by atoms with Crippen LogP contribution in [-0.2, 0) is 38.1 Å². The Kier molecular flexibility index (Phi) is 56.8. The topological polar surface area (TPSA) is 37.3 Å². The first-order valence-corrected chi connectivity index (χ1v) is 0.928. The Morgan fingerprint density at radius 2 is 1.57 bits per heavy atom. The van der Waals surface area contributed by atoms with Gasteiger partial charge in [0.2, 0.25) is 0 Å². The summed E-state index contributed by atoms with van der Waals surface area (Å²) in [5.41, 5.74) is 0. The molecule has 7 heavy (non-hydrogen) atoms. The maximum atomic E-state index is 9.00. The number of hydrogen-bond acceptors (Lipinski definition) is 1.